The summed E-state index contributed by atoms with van der Waals surface area (Å²) in [6, 6.07) is 3.67. The van der Waals surface area contributed by atoms with Gasteiger partial charge in [0.2, 0.25) is 5.91 Å². The molecule has 1 aromatic rings. The summed E-state index contributed by atoms with van der Waals surface area (Å²) in [5, 5.41) is 3.31. The molecule has 1 aromatic heterocycles. The van der Waals surface area contributed by atoms with Crippen molar-refractivity contribution in [3.8, 4) is 0 Å². The van der Waals surface area contributed by atoms with E-state index in [1.54, 1.807) is 12.3 Å². The van der Waals surface area contributed by atoms with Crippen molar-refractivity contribution in [2.75, 3.05) is 13.1 Å². The summed E-state index contributed by atoms with van der Waals surface area (Å²) in [6.07, 6.45) is 3.80. The summed E-state index contributed by atoms with van der Waals surface area (Å²) >= 11 is 0. The fourth-order valence-corrected chi connectivity index (χ4v) is 1.91. The Morgan fingerprint density at radius 2 is 2.06 bits per heavy atom. The van der Waals surface area contributed by atoms with Gasteiger partial charge in [-0.15, -0.1) is 12.4 Å². The van der Waals surface area contributed by atoms with Gasteiger partial charge >= 0.3 is 0 Å². The van der Waals surface area contributed by atoms with Crippen LogP contribution in [0, 0.1) is 0 Å². The SMILES string of the molecule is Cl.NC(=O)c1ccc(C2CCNCC2)nc1. The maximum absolute atomic E-state index is 10.9. The second-order valence-electron chi connectivity index (χ2n) is 3.86. The molecule has 88 valence electrons. The van der Waals surface area contributed by atoms with Crippen molar-refractivity contribution in [3.63, 3.8) is 0 Å². The fourth-order valence-electron chi connectivity index (χ4n) is 1.91. The Hall–Kier alpha value is -1.13. The minimum absolute atomic E-state index is 0. The van der Waals surface area contributed by atoms with Crippen LogP contribution in [0.1, 0.15) is 34.8 Å². The van der Waals surface area contributed by atoms with Gasteiger partial charge < -0.3 is 11.1 Å². The number of hydrogen-bond donors (Lipinski definition) is 2. The normalized spacial score (nSPS) is 16.5. The molecule has 0 unspecified atom stereocenters. The lowest BCUT2D eigenvalue weighted by Gasteiger charge is -2.21. The number of hydrogen-bond acceptors (Lipinski definition) is 3. The Balaban J connectivity index is 0.00000128. The molecule has 2 heterocycles. The van der Waals surface area contributed by atoms with E-state index in [4.69, 9.17) is 5.73 Å². The summed E-state index contributed by atoms with van der Waals surface area (Å²) in [5.41, 5.74) is 6.70. The van der Waals surface area contributed by atoms with Crippen LogP contribution >= 0.6 is 12.4 Å². The molecule has 5 heteroatoms. The van der Waals surface area contributed by atoms with Crippen molar-refractivity contribution in [1.29, 1.82) is 0 Å². The standard InChI is InChI=1S/C11H15N3O.ClH/c12-11(15)9-1-2-10(14-7-9)8-3-5-13-6-4-8;/h1-2,7-8,13H,3-6H2,(H2,12,15);1H. The van der Waals surface area contributed by atoms with Crippen LogP contribution in [0.3, 0.4) is 0 Å². The molecular weight excluding hydrogens is 226 g/mol. The lowest BCUT2D eigenvalue weighted by molar-refractivity contribution is 0.1000. The van der Waals surface area contributed by atoms with Crippen molar-refractivity contribution in [1.82, 2.24) is 10.3 Å². The number of nitrogens with zero attached hydrogens (tertiary/aromatic N) is 1. The van der Waals surface area contributed by atoms with E-state index in [1.165, 1.54) is 0 Å². The minimum atomic E-state index is -0.417. The highest BCUT2D eigenvalue weighted by atomic mass is 35.5. The third kappa shape index (κ3) is 2.93. The molecular formula is C11H16ClN3O. The highest BCUT2D eigenvalue weighted by Crippen LogP contribution is 2.23. The number of nitrogens with two attached hydrogens (primary N) is 1. The lowest BCUT2D eigenvalue weighted by atomic mass is 9.94. The van der Waals surface area contributed by atoms with Gasteiger partial charge in [0.05, 0.1) is 5.56 Å². The molecule has 1 aliphatic heterocycles. The van der Waals surface area contributed by atoms with Gasteiger partial charge in [-0.05, 0) is 38.1 Å². The maximum atomic E-state index is 10.9. The van der Waals surface area contributed by atoms with Crippen LogP contribution < -0.4 is 11.1 Å². The molecule has 2 rings (SSSR count). The van der Waals surface area contributed by atoms with Crippen LogP contribution in [0.25, 0.3) is 0 Å². The predicted molar refractivity (Wildman–Crippen MR) is 64.8 cm³/mol. The fraction of sp³-hybridized carbons (Fsp3) is 0.455. The number of halogens is 1. The van der Waals surface area contributed by atoms with Gasteiger partial charge in [0.1, 0.15) is 0 Å². The summed E-state index contributed by atoms with van der Waals surface area (Å²) in [7, 11) is 0. The number of amides is 1. The average Bonchev–Trinajstić information content (AvgIpc) is 2.30. The number of carbonyl (C=O) groups excluding carboxylic acids is 1. The molecule has 1 amide bonds. The zero-order valence-electron chi connectivity index (χ0n) is 8.98. The van der Waals surface area contributed by atoms with Crippen molar-refractivity contribution >= 4 is 18.3 Å². The van der Waals surface area contributed by atoms with Crippen molar-refractivity contribution < 1.29 is 4.79 Å². The number of carbonyl (C=O) groups is 1. The molecule has 4 nitrogen and oxygen atoms in total. The average molecular weight is 242 g/mol. The van der Waals surface area contributed by atoms with E-state index in [1.807, 2.05) is 6.07 Å². The minimum Gasteiger partial charge on any atom is -0.366 e. The molecule has 1 fully saturated rings. The molecule has 0 radical (unpaired) electrons. The van der Waals surface area contributed by atoms with Crippen molar-refractivity contribution in [3.05, 3.63) is 29.6 Å². The molecule has 0 atom stereocenters. The molecule has 16 heavy (non-hydrogen) atoms. The highest BCUT2D eigenvalue weighted by molar-refractivity contribution is 5.92. The first-order valence-electron chi connectivity index (χ1n) is 5.24. The second kappa shape index (κ2) is 5.82. The highest BCUT2D eigenvalue weighted by Gasteiger charge is 2.16. The number of pyridine rings is 1. The van der Waals surface area contributed by atoms with Crippen molar-refractivity contribution in [2.45, 2.75) is 18.8 Å². The first-order valence-corrected chi connectivity index (χ1v) is 5.24. The van der Waals surface area contributed by atoms with E-state index in [0.717, 1.165) is 31.6 Å². The topological polar surface area (TPSA) is 68.0 Å². The Morgan fingerprint density at radius 1 is 1.38 bits per heavy atom. The molecule has 0 saturated carbocycles. The predicted octanol–water partition coefficient (Wildman–Crippen LogP) is 1.07. The van der Waals surface area contributed by atoms with E-state index < -0.39 is 5.91 Å². The zero-order valence-corrected chi connectivity index (χ0v) is 9.80. The maximum Gasteiger partial charge on any atom is 0.250 e. The molecule has 0 aromatic carbocycles. The lowest BCUT2D eigenvalue weighted by Crippen LogP contribution is -2.27. The van der Waals surface area contributed by atoms with Gasteiger partial charge in [0, 0.05) is 17.8 Å². The largest absolute Gasteiger partial charge is 0.366 e. The summed E-state index contributed by atoms with van der Waals surface area (Å²) in [5.74, 6) is 0.104. The van der Waals surface area contributed by atoms with Gasteiger partial charge in [-0.2, -0.15) is 0 Å². The number of primary amides is 1. The molecule has 3 N–H and O–H groups in total. The van der Waals surface area contributed by atoms with Crippen LogP contribution in [0.4, 0.5) is 0 Å². The Bertz CT molecular complexity index is 347. The van der Waals surface area contributed by atoms with Gasteiger partial charge in [0.15, 0.2) is 0 Å². The van der Waals surface area contributed by atoms with Crippen molar-refractivity contribution in [2.24, 2.45) is 5.73 Å². The van der Waals surface area contributed by atoms with Gasteiger partial charge in [-0.1, -0.05) is 0 Å². The van der Waals surface area contributed by atoms with Gasteiger partial charge in [-0.25, -0.2) is 0 Å². The van der Waals surface area contributed by atoms with E-state index >= 15 is 0 Å². The zero-order chi connectivity index (χ0) is 10.7. The Kier molecular flexibility index (Phi) is 4.71. The van der Waals surface area contributed by atoms with Crippen LogP contribution in [0.5, 0.6) is 0 Å². The Morgan fingerprint density at radius 3 is 2.56 bits per heavy atom. The number of piperidine rings is 1. The number of nitrogens with one attached hydrogen (secondary N) is 1. The molecule has 1 saturated heterocycles. The molecule has 0 aliphatic carbocycles. The van der Waals surface area contributed by atoms with Gasteiger partial charge in [0.25, 0.3) is 0 Å². The third-order valence-corrected chi connectivity index (χ3v) is 2.83. The first-order chi connectivity index (χ1) is 7.27. The summed E-state index contributed by atoms with van der Waals surface area (Å²) in [6.45, 7) is 2.09. The second-order valence-corrected chi connectivity index (χ2v) is 3.86. The van der Waals surface area contributed by atoms with E-state index in [-0.39, 0.29) is 12.4 Å². The van der Waals surface area contributed by atoms with E-state index in [2.05, 4.69) is 10.3 Å². The number of rotatable bonds is 2. The molecule has 0 bridgehead atoms. The van der Waals surface area contributed by atoms with E-state index in [0.29, 0.717) is 11.5 Å². The summed E-state index contributed by atoms with van der Waals surface area (Å²) < 4.78 is 0. The smallest absolute Gasteiger partial charge is 0.250 e. The van der Waals surface area contributed by atoms with Gasteiger partial charge in [-0.3, -0.25) is 9.78 Å². The quantitative estimate of drug-likeness (QED) is 0.814. The summed E-state index contributed by atoms with van der Waals surface area (Å²) in [4.78, 5) is 15.2. The monoisotopic (exact) mass is 241 g/mol. The van der Waals surface area contributed by atoms with Crippen LogP contribution in [-0.4, -0.2) is 24.0 Å². The Labute approximate surface area is 101 Å². The molecule has 0 spiro atoms. The first kappa shape index (κ1) is 12.9. The number of aromatic nitrogens is 1. The van der Waals surface area contributed by atoms with E-state index in [9.17, 15) is 4.79 Å². The van der Waals surface area contributed by atoms with Crippen LogP contribution in [0.2, 0.25) is 0 Å². The van der Waals surface area contributed by atoms with Crippen LogP contribution in [-0.2, 0) is 0 Å². The molecule has 1 aliphatic rings. The van der Waals surface area contributed by atoms with Crippen LogP contribution in [0.15, 0.2) is 18.3 Å². The third-order valence-electron chi connectivity index (χ3n) is 2.83.